The summed E-state index contributed by atoms with van der Waals surface area (Å²) < 4.78 is 0. The topological polar surface area (TPSA) is 70.2 Å². The minimum Gasteiger partial charge on any atom is -0.352 e. The Morgan fingerprint density at radius 2 is 1.67 bits per heavy atom. The van der Waals surface area contributed by atoms with Gasteiger partial charge >= 0.3 is 0 Å². The Kier molecular flexibility index (Phi) is 6.51. The zero-order valence-electron chi connectivity index (χ0n) is 14.1. The number of amides is 2. The van der Waals surface area contributed by atoms with E-state index in [2.05, 4.69) is 16.0 Å². The van der Waals surface area contributed by atoms with Crippen molar-refractivity contribution in [1.82, 2.24) is 10.6 Å². The Bertz CT molecular complexity index is 699. The van der Waals surface area contributed by atoms with Gasteiger partial charge in [-0.15, -0.1) is 0 Å². The van der Waals surface area contributed by atoms with E-state index in [1.165, 1.54) is 0 Å². The zero-order valence-corrected chi connectivity index (χ0v) is 14.1. The molecule has 0 spiro atoms. The molecular formula is C19H23N3O2. The molecule has 2 aromatic carbocycles. The molecule has 0 unspecified atom stereocenters. The van der Waals surface area contributed by atoms with E-state index < -0.39 is 0 Å². The van der Waals surface area contributed by atoms with Gasteiger partial charge in [-0.05, 0) is 56.8 Å². The number of carbonyl (C=O) groups is 2. The number of anilines is 1. The number of hydrogen-bond acceptors (Lipinski definition) is 3. The molecule has 2 aromatic rings. The van der Waals surface area contributed by atoms with E-state index in [0.717, 1.165) is 18.5 Å². The number of rotatable bonds is 7. The number of benzene rings is 2. The molecule has 0 bridgehead atoms. The van der Waals surface area contributed by atoms with Crippen LogP contribution < -0.4 is 16.0 Å². The zero-order chi connectivity index (χ0) is 17.4. The van der Waals surface area contributed by atoms with Crippen molar-refractivity contribution in [2.24, 2.45) is 0 Å². The molecule has 0 radical (unpaired) electrons. The van der Waals surface area contributed by atoms with Crippen molar-refractivity contribution in [2.45, 2.75) is 13.3 Å². The van der Waals surface area contributed by atoms with Crippen LogP contribution in [0.5, 0.6) is 0 Å². The lowest BCUT2D eigenvalue weighted by Gasteiger charge is -2.11. The Balaban J connectivity index is 2.05. The lowest BCUT2D eigenvalue weighted by Crippen LogP contribution is -2.26. The van der Waals surface area contributed by atoms with Crippen LogP contribution >= 0.6 is 0 Å². The molecule has 2 rings (SSSR count). The van der Waals surface area contributed by atoms with E-state index in [4.69, 9.17) is 0 Å². The third-order valence-corrected chi connectivity index (χ3v) is 3.67. The first-order chi connectivity index (χ1) is 11.6. The second kappa shape index (κ2) is 8.84. The molecule has 5 heteroatoms. The molecule has 5 nitrogen and oxygen atoms in total. The van der Waals surface area contributed by atoms with Crippen LogP contribution in [-0.4, -0.2) is 32.0 Å². The standard InChI is InChI=1S/C19H23N3O2/c1-14-9-10-16(18(23)21-12-6-11-20-2)13-17(14)22-19(24)15-7-4-3-5-8-15/h3-5,7-10,13,20H,6,11-12H2,1-2H3,(H,21,23)(H,22,24). The minimum absolute atomic E-state index is 0.138. The van der Waals surface area contributed by atoms with Crippen molar-refractivity contribution in [1.29, 1.82) is 0 Å². The summed E-state index contributed by atoms with van der Waals surface area (Å²) in [6.45, 7) is 3.36. The summed E-state index contributed by atoms with van der Waals surface area (Å²) in [6.07, 6.45) is 0.867. The molecule has 0 aliphatic carbocycles. The summed E-state index contributed by atoms with van der Waals surface area (Å²) in [7, 11) is 1.88. The lowest BCUT2D eigenvalue weighted by molar-refractivity contribution is 0.0952. The molecular weight excluding hydrogens is 302 g/mol. The summed E-state index contributed by atoms with van der Waals surface area (Å²) in [4.78, 5) is 24.5. The number of nitrogens with one attached hydrogen (secondary N) is 3. The van der Waals surface area contributed by atoms with Crippen molar-refractivity contribution in [3.8, 4) is 0 Å². The van der Waals surface area contributed by atoms with Crippen LogP contribution in [0.25, 0.3) is 0 Å². The van der Waals surface area contributed by atoms with Gasteiger partial charge in [0.2, 0.25) is 0 Å². The van der Waals surface area contributed by atoms with Crippen LogP contribution in [0.3, 0.4) is 0 Å². The van der Waals surface area contributed by atoms with E-state index in [0.29, 0.717) is 23.4 Å². The molecule has 0 heterocycles. The van der Waals surface area contributed by atoms with Gasteiger partial charge in [0.25, 0.3) is 11.8 Å². The van der Waals surface area contributed by atoms with Gasteiger partial charge in [0.15, 0.2) is 0 Å². The second-order valence-corrected chi connectivity index (χ2v) is 5.56. The fourth-order valence-corrected chi connectivity index (χ4v) is 2.25. The average molecular weight is 325 g/mol. The highest BCUT2D eigenvalue weighted by atomic mass is 16.2. The molecule has 0 saturated carbocycles. The van der Waals surface area contributed by atoms with Gasteiger partial charge in [-0.25, -0.2) is 0 Å². The molecule has 3 N–H and O–H groups in total. The first kappa shape index (κ1) is 17.7. The quantitative estimate of drug-likeness (QED) is 0.685. The Labute approximate surface area is 142 Å². The highest BCUT2D eigenvalue weighted by Crippen LogP contribution is 2.18. The molecule has 0 aliphatic heterocycles. The van der Waals surface area contributed by atoms with Gasteiger partial charge in [0.1, 0.15) is 0 Å². The first-order valence-electron chi connectivity index (χ1n) is 8.01. The van der Waals surface area contributed by atoms with Crippen molar-refractivity contribution in [3.05, 3.63) is 65.2 Å². The van der Waals surface area contributed by atoms with Crippen LogP contribution in [0.2, 0.25) is 0 Å². The average Bonchev–Trinajstić information content (AvgIpc) is 2.61. The van der Waals surface area contributed by atoms with Crippen LogP contribution in [0.1, 0.15) is 32.7 Å². The predicted molar refractivity (Wildman–Crippen MR) is 96.5 cm³/mol. The van der Waals surface area contributed by atoms with Gasteiger partial charge in [-0.1, -0.05) is 24.3 Å². The third kappa shape index (κ3) is 4.93. The maximum absolute atomic E-state index is 12.3. The summed E-state index contributed by atoms with van der Waals surface area (Å²) in [5, 5.41) is 8.78. The molecule has 0 fully saturated rings. The van der Waals surface area contributed by atoms with Gasteiger partial charge in [0.05, 0.1) is 0 Å². The number of carbonyl (C=O) groups excluding carboxylic acids is 2. The Morgan fingerprint density at radius 3 is 2.38 bits per heavy atom. The van der Waals surface area contributed by atoms with Crippen LogP contribution in [0.15, 0.2) is 48.5 Å². The molecule has 0 aliphatic rings. The fourth-order valence-electron chi connectivity index (χ4n) is 2.25. The minimum atomic E-state index is -0.190. The Hall–Kier alpha value is -2.66. The molecule has 0 atom stereocenters. The van der Waals surface area contributed by atoms with Gasteiger partial charge < -0.3 is 16.0 Å². The van der Waals surface area contributed by atoms with Gasteiger partial charge in [0, 0.05) is 23.4 Å². The SMILES string of the molecule is CNCCCNC(=O)c1ccc(C)c(NC(=O)c2ccccc2)c1. The van der Waals surface area contributed by atoms with Crippen molar-refractivity contribution in [3.63, 3.8) is 0 Å². The Morgan fingerprint density at radius 1 is 0.917 bits per heavy atom. The molecule has 126 valence electrons. The van der Waals surface area contributed by atoms with E-state index in [9.17, 15) is 9.59 Å². The summed E-state index contributed by atoms with van der Waals surface area (Å²) in [6, 6.07) is 14.3. The summed E-state index contributed by atoms with van der Waals surface area (Å²) >= 11 is 0. The third-order valence-electron chi connectivity index (χ3n) is 3.67. The van der Waals surface area contributed by atoms with Gasteiger partial charge in [-0.2, -0.15) is 0 Å². The molecule has 24 heavy (non-hydrogen) atoms. The van der Waals surface area contributed by atoms with E-state index >= 15 is 0 Å². The van der Waals surface area contributed by atoms with E-state index in [-0.39, 0.29) is 11.8 Å². The first-order valence-corrected chi connectivity index (χ1v) is 8.01. The summed E-state index contributed by atoms with van der Waals surface area (Å²) in [5.74, 6) is -0.327. The van der Waals surface area contributed by atoms with E-state index in [1.807, 2.05) is 38.2 Å². The lowest BCUT2D eigenvalue weighted by atomic mass is 10.1. The largest absolute Gasteiger partial charge is 0.352 e. The maximum Gasteiger partial charge on any atom is 0.255 e. The summed E-state index contributed by atoms with van der Waals surface area (Å²) in [5.41, 5.74) is 2.67. The molecule has 0 aromatic heterocycles. The normalized spacial score (nSPS) is 10.2. The van der Waals surface area contributed by atoms with Gasteiger partial charge in [-0.3, -0.25) is 9.59 Å². The van der Waals surface area contributed by atoms with Crippen LogP contribution in [0.4, 0.5) is 5.69 Å². The van der Waals surface area contributed by atoms with Crippen LogP contribution in [-0.2, 0) is 0 Å². The second-order valence-electron chi connectivity index (χ2n) is 5.56. The molecule has 2 amide bonds. The highest BCUT2D eigenvalue weighted by molar-refractivity contribution is 6.05. The fraction of sp³-hybridized carbons (Fsp3) is 0.263. The van der Waals surface area contributed by atoms with Crippen molar-refractivity contribution < 1.29 is 9.59 Å². The number of hydrogen-bond donors (Lipinski definition) is 3. The maximum atomic E-state index is 12.3. The van der Waals surface area contributed by atoms with Crippen LogP contribution in [0, 0.1) is 6.92 Å². The van der Waals surface area contributed by atoms with Crippen molar-refractivity contribution >= 4 is 17.5 Å². The van der Waals surface area contributed by atoms with Crippen molar-refractivity contribution in [2.75, 3.05) is 25.5 Å². The number of aryl methyl sites for hydroxylation is 1. The van der Waals surface area contributed by atoms with E-state index in [1.54, 1.807) is 24.3 Å². The smallest absolute Gasteiger partial charge is 0.255 e. The predicted octanol–water partition coefficient (Wildman–Crippen LogP) is 2.59. The monoisotopic (exact) mass is 325 g/mol. The highest BCUT2D eigenvalue weighted by Gasteiger charge is 2.11. The molecule has 0 saturated heterocycles.